The van der Waals surface area contributed by atoms with Crippen molar-refractivity contribution >= 4 is 45.7 Å². The molecule has 2 fully saturated rings. The van der Waals surface area contributed by atoms with E-state index in [1.807, 2.05) is 38.1 Å². The van der Waals surface area contributed by atoms with Crippen molar-refractivity contribution < 1.29 is 14.5 Å². The van der Waals surface area contributed by atoms with E-state index >= 15 is 0 Å². The smallest absolute Gasteiger partial charge is 0.289 e. The van der Waals surface area contributed by atoms with E-state index in [-0.39, 0.29) is 22.2 Å². The normalized spacial score (nSPS) is 24.7. The molecule has 0 aliphatic carbocycles. The number of hydrogen-bond donors (Lipinski definition) is 1. The molecule has 2 saturated heterocycles. The van der Waals surface area contributed by atoms with Crippen LogP contribution in [0.3, 0.4) is 0 Å². The van der Waals surface area contributed by atoms with Gasteiger partial charge in [-0.15, -0.1) is 0 Å². The molecule has 4 aromatic rings. The van der Waals surface area contributed by atoms with Crippen molar-refractivity contribution in [1.29, 1.82) is 0 Å². The number of fused-ring (bicyclic) bond motifs is 8. The van der Waals surface area contributed by atoms with Gasteiger partial charge in [0.25, 0.3) is 11.2 Å². The number of aromatic nitrogens is 2. The van der Waals surface area contributed by atoms with Gasteiger partial charge >= 0.3 is 0 Å². The number of para-hydroxylation sites is 2. The van der Waals surface area contributed by atoms with Crippen molar-refractivity contribution in [3.63, 3.8) is 0 Å². The van der Waals surface area contributed by atoms with Gasteiger partial charge in [-0.1, -0.05) is 55.8 Å². The highest BCUT2D eigenvalue weighted by Crippen LogP contribution is 2.56. The average molecular weight is 556 g/mol. The number of benzene rings is 3. The highest BCUT2D eigenvalue weighted by atomic mass is 35.5. The first-order valence-electron chi connectivity index (χ1n) is 12.9. The summed E-state index contributed by atoms with van der Waals surface area (Å²) < 4.78 is 1.54. The minimum absolute atomic E-state index is 0.0727. The van der Waals surface area contributed by atoms with Gasteiger partial charge in [-0.05, 0) is 36.2 Å². The summed E-state index contributed by atoms with van der Waals surface area (Å²) in [5.41, 5.74) is -0.110. The second kappa shape index (κ2) is 8.30. The Bertz CT molecular complexity index is 1870. The monoisotopic (exact) mass is 555 g/mol. The van der Waals surface area contributed by atoms with Gasteiger partial charge in [-0.25, -0.2) is 9.88 Å². The van der Waals surface area contributed by atoms with Crippen molar-refractivity contribution in [3.8, 4) is 5.69 Å². The summed E-state index contributed by atoms with van der Waals surface area (Å²) in [5, 5.41) is 15.6. The van der Waals surface area contributed by atoms with Crippen LogP contribution in [0.1, 0.15) is 25.2 Å². The van der Waals surface area contributed by atoms with Gasteiger partial charge in [0, 0.05) is 17.7 Å². The van der Waals surface area contributed by atoms with Crippen molar-refractivity contribution in [2.45, 2.75) is 25.4 Å². The van der Waals surface area contributed by atoms with Crippen LogP contribution < -0.4 is 15.8 Å². The Morgan fingerprint density at radius 3 is 2.50 bits per heavy atom. The van der Waals surface area contributed by atoms with Gasteiger partial charge in [-0.2, -0.15) is 0 Å². The number of carbonyl (C=O) groups is 2. The topological polar surface area (TPSA) is 127 Å². The van der Waals surface area contributed by atoms with E-state index < -0.39 is 45.8 Å². The number of imide groups is 1. The van der Waals surface area contributed by atoms with E-state index in [0.717, 1.165) is 11.0 Å². The molecule has 0 unspecified atom stereocenters. The van der Waals surface area contributed by atoms with Crippen molar-refractivity contribution in [2.24, 2.45) is 17.8 Å². The third-order valence-corrected chi connectivity index (χ3v) is 8.72. The quantitative estimate of drug-likeness (QED) is 0.230. The fraction of sp³-hybridized carbons (Fsp3) is 0.241. The van der Waals surface area contributed by atoms with E-state index in [2.05, 4.69) is 5.32 Å². The standard InChI is InChI=1S/C29H22ClN5O5/c1-14(2)24-22-23(27(38)33(26(22)37)15-11-12-18(30)21(13-15)35(39)40)29(32-24)17-8-4-6-10-20(17)34-25(36)16-7-3-5-9-19(16)31-28(29)34/h3-14,22-24,32H,1-2H3/t22-,23-,24-,29+/m1/s1. The summed E-state index contributed by atoms with van der Waals surface area (Å²) in [5.74, 6) is -2.46. The summed E-state index contributed by atoms with van der Waals surface area (Å²) >= 11 is 6.02. The van der Waals surface area contributed by atoms with E-state index in [0.29, 0.717) is 28.0 Å². The lowest BCUT2D eigenvalue weighted by Gasteiger charge is -2.32. The van der Waals surface area contributed by atoms with Gasteiger partial charge in [0.2, 0.25) is 11.8 Å². The molecule has 3 aliphatic rings. The van der Waals surface area contributed by atoms with Crippen molar-refractivity contribution in [3.05, 3.63) is 104 Å². The molecule has 0 bridgehead atoms. The molecule has 0 radical (unpaired) electrons. The maximum absolute atomic E-state index is 14.4. The Morgan fingerprint density at radius 1 is 1.02 bits per heavy atom. The summed E-state index contributed by atoms with van der Waals surface area (Å²) in [6.07, 6.45) is 0. The number of rotatable bonds is 3. The Labute approximate surface area is 232 Å². The molecule has 4 heterocycles. The van der Waals surface area contributed by atoms with Crippen LogP contribution in [0.5, 0.6) is 0 Å². The van der Waals surface area contributed by atoms with Gasteiger partial charge in [0.1, 0.15) is 16.4 Å². The minimum atomic E-state index is -1.28. The molecule has 3 aromatic carbocycles. The van der Waals surface area contributed by atoms with Crippen LogP contribution in [0, 0.1) is 27.9 Å². The van der Waals surface area contributed by atoms with Crippen LogP contribution in [0.25, 0.3) is 16.6 Å². The summed E-state index contributed by atoms with van der Waals surface area (Å²) in [4.78, 5) is 59.3. The summed E-state index contributed by atoms with van der Waals surface area (Å²) in [6.45, 7) is 3.92. The SMILES string of the molecule is CC(C)[C@H]1N[C@@]2(c3ccccc3-n3c2nc2ccccc2c3=O)[C@H]2C(=O)N(c3ccc(Cl)c([N+](=O)[O-])c3)C(=O)[C@@H]12. The molecule has 2 amide bonds. The van der Waals surface area contributed by atoms with E-state index in [9.17, 15) is 24.5 Å². The van der Waals surface area contributed by atoms with Gasteiger partial charge in [0.15, 0.2) is 0 Å². The second-order valence-electron chi connectivity index (χ2n) is 10.7. The lowest BCUT2D eigenvalue weighted by atomic mass is 9.75. The zero-order chi connectivity index (χ0) is 28.1. The summed E-state index contributed by atoms with van der Waals surface area (Å²) in [6, 6.07) is 17.8. The molecule has 1 spiro atoms. The molecule has 10 nitrogen and oxygen atoms in total. The molecular formula is C29H22ClN5O5. The largest absolute Gasteiger partial charge is 0.296 e. The van der Waals surface area contributed by atoms with Crippen LogP contribution in [-0.4, -0.2) is 32.3 Å². The Balaban J connectivity index is 1.51. The molecule has 11 heteroatoms. The number of nitro benzene ring substituents is 1. The highest BCUT2D eigenvalue weighted by molar-refractivity contribution is 6.33. The predicted octanol–water partition coefficient (Wildman–Crippen LogP) is 3.94. The molecule has 7 rings (SSSR count). The van der Waals surface area contributed by atoms with Gasteiger partial charge in [0.05, 0.1) is 39.0 Å². The number of anilines is 1. The number of nitro groups is 1. The van der Waals surface area contributed by atoms with E-state index in [1.54, 1.807) is 24.3 Å². The molecule has 40 heavy (non-hydrogen) atoms. The molecule has 1 N–H and O–H groups in total. The fourth-order valence-corrected chi connectivity index (χ4v) is 6.95. The molecule has 3 aliphatic heterocycles. The third-order valence-electron chi connectivity index (χ3n) is 8.40. The van der Waals surface area contributed by atoms with E-state index in [4.69, 9.17) is 16.6 Å². The number of nitrogens with one attached hydrogen (secondary N) is 1. The Kier molecular flexibility index (Phi) is 5.11. The molecular weight excluding hydrogens is 534 g/mol. The summed E-state index contributed by atoms with van der Waals surface area (Å²) in [7, 11) is 0. The maximum Gasteiger partial charge on any atom is 0.289 e. The average Bonchev–Trinajstić information content (AvgIpc) is 3.53. The second-order valence-corrected chi connectivity index (χ2v) is 11.1. The number of halogens is 1. The Morgan fingerprint density at radius 2 is 1.75 bits per heavy atom. The van der Waals surface area contributed by atoms with Crippen molar-refractivity contribution in [2.75, 3.05) is 4.90 Å². The fourth-order valence-electron chi connectivity index (χ4n) is 6.76. The first-order valence-corrected chi connectivity index (χ1v) is 13.3. The Hall–Kier alpha value is -4.41. The predicted molar refractivity (Wildman–Crippen MR) is 147 cm³/mol. The number of carbonyl (C=O) groups excluding carboxylic acids is 2. The van der Waals surface area contributed by atoms with Gasteiger partial charge in [-0.3, -0.25) is 34.4 Å². The molecule has 4 atom stereocenters. The van der Waals surface area contributed by atoms with Crippen LogP contribution in [0.4, 0.5) is 11.4 Å². The number of nitrogens with zero attached hydrogens (tertiary/aromatic N) is 4. The van der Waals surface area contributed by atoms with Crippen molar-refractivity contribution in [1.82, 2.24) is 14.9 Å². The third kappa shape index (κ3) is 2.97. The molecule has 200 valence electrons. The minimum Gasteiger partial charge on any atom is -0.296 e. The first-order chi connectivity index (χ1) is 19.2. The van der Waals surface area contributed by atoms with Crippen LogP contribution in [0.15, 0.2) is 71.5 Å². The zero-order valence-electron chi connectivity index (χ0n) is 21.4. The van der Waals surface area contributed by atoms with Crippen LogP contribution >= 0.6 is 11.6 Å². The number of hydrogen-bond acceptors (Lipinski definition) is 7. The lowest BCUT2D eigenvalue weighted by molar-refractivity contribution is -0.384. The van der Waals surface area contributed by atoms with Crippen LogP contribution in [-0.2, 0) is 15.1 Å². The van der Waals surface area contributed by atoms with E-state index in [1.165, 1.54) is 16.7 Å². The lowest BCUT2D eigenvalue weighted by Crippen LogP contribution is -2.51. The molecule has 0 saturated carbocycles. The number of amides is 2. The first kappa shape index (κ1) is 24.6. The van der Waals surface area contributed by atoms with Crippen LogP contribution in [0.2, 0.25) is 5.02 Å². The zero-order valence-corrected chi connectivity index (χ0v) is 22.1. The highest BCUT2D eigenvalue weighted by Gasteiger charge is 2.70. The maximum atomic E-state index is 14.4. The van der Waals surface area contributed by atoms with Gasteiger partial charge < -0.3 is 0 Å². The molecule has 1 aromatic heterocycles.